The fourth-order valence-corrected chi connectivity index (χ4v) is 2.36. The van der Waals surface area contributed by atoms with Crippen LogP contribution in [0.5, 0.6) is 0 Å². The first-order valence-corrected chi connectivity index (χ1v) is 8.39. The lowest BCUT2D eigenvalue weighted by atomic mass is 10.0. The molecule has 0 saturated heterocycles. The second-order valence-electron chi connectivity index (χ2n) is 6.10. The lowest BCUT2D eigenvalue weighted by molar-refractivity contribution is -0.133. The topological polar surface area (TPSA) is 87.7 Å². The van der Waals surface area contributed by atoms with Crippen LogP contribution in [-0.2, 0) is 16.0 Å². The zero-order valence-corrected chi connectivity index (χ0v) is 14.8. The number of aliphatic carboxylic acids is 2. The summed E-state index contributed by atoms with van der Waals surface area (Å²) in [5, 5.41) is 18.5. The van der Waals surface area contributed by atoms with Crippen LogP contribution in [0.4, 0.5) is 0 Å². The number of furan rings is 1. The highest BCUT2D eigenvalue weighted by molar-refractivity contribution is 5.87. The first-order valence-electron chi connectivity index (χ1n) is 8.39. The predicted molar refractivity (Wildman–Crippen MR) is 96.4 cm³/mol. The molecule has 5 heteroatoms. The molecule has 0 aliphatic carbocycles. The van der Waals surface area contributed by atoms with E-state index in [1.807, 2.05) is 26.0 Å². The molecule has 0 aliphatic heterocycles. The number of carboxylic acid groups (broad SMARTS) is 2. The Labute approximate surface area is 148 Å². The minimum absolute atomic E-state index is 0.314. The molecule has 1 aromatic rings. The van der Waals surface area contributed by atoms with Crippen molar-refractivity contribution in [2.45, 2.75) is 52.4 Å². The van der Waals surface area contributed by atoms with Gasteiger partial charge >= 0.3 is 11.9 Å². The first-order chi connectivity index (χ1) is 11.9. The van der Waals surface area contributed by atoms with Crippen LogP contribution < -0.4 is 0 Å². The molecule has 1 rings (SSSR count). The predicted octanol–water partition coefficient (Wildman–Crippen LogP) is 4.76. The summed E-state index contributed by atoms with van der Waals surface area (Å²) in [5.41, 5.74) is 2.82. The second kappa shape index (κ2) is 11.1. The quantitative estimate of drug-likeness (QED) is 0.445. The van der Waals surface area contributed by atoms with E-state index >= 15 is 0 Å². The average Bonchev–Trinajstić information content (AvgIpc) is 3.04. The Morgan fingerprint density at radius 2 is 1.52 bits per heavy atom. The van der Waals surface area contributed by atoms with Gasteiger partial charge in [0.25, 0.3) is 0 Å². The fraction of sp³-hybridized carbons (Fsp3) is 0.400. The zero-order valence-electron chi connectivity index (χ0n) is 14.8. The second-order valence-corrected chi connectivity index (χ2v) is 6.10. The SMILES string of the molecule is CC(C)=CCC/C(=C/CC/C(=C\CCc1ccoc1)C(=O)O)C(=O)O. The summed E-state index contributed by atoms with van der Waals surface area (Å²) >= 11 is 0. The standard InChI is InChI=1S/C20H26O5/c1-15(2)6-3-8-17(19(21)22)10-5-11-18(20(23)24)9-4-7-16-12-13-25-14-16/h6,9-10,12-14H,3-5,7-8,11H2,1-2H3,(H,21,22)(H,23,24)/b17-10-,18-9+. The molecule has 0 saturated carbocycles. The van der Waals surface area contributed by atoms with Crippen molar-refractivity contribution in [2.24, 2.45) is 0 Å². The molecular formula is C20H26O5. The van der Waals surface area contributed by atoms with Crippen molar-refractivity contribution in [2.75, 3.05) is 0 Å². The number of hydrogen-bond donors (Lipinski definition) is 2. The van der Waals surface area contributed by atoms with Crippen molar-refractivity contribution in [3.63, 3.8) is 0 Å². The van der Waals surface area contributed by atoms with Gasteiger partial charge < -0.3 is 14.6 Å². The van der Waals surface area contributed by atoms with E-state index in [9.17, 15) is 19.8 Å². The Balaban J connectivity index is 2.57. The van der Waals surface area contributed by atoms with Gasteiger partial charge in [0.15, 0.2) is 0 Å². The van der Waals surface area contributed by atoms with E-state index in [-0.39, 0.29) is 0 Å². The van der Waals surface area contributed by atoms with Crippen molar-refractivity contribution < 1.29 is 24.2 Å². The summed E-state index contributed by atoms with van der Waals surface area (Å²) in [6.45, 7) is 3.94. The number of allylic oxidation sites excluding steroid dienone is 4. The first kappa shape index (κ1) is 20.5. The van der Waals surface area contributed by atoms with Gasteiger partial charge in [-0.25, -0.2) is 9.59 Å². The number of rotatable bonds is 11. The van der Waals surface area contributed by atoms with E-state index < -0.39 is 11.9 Å². The third-order valence-electron chi connectivity index (χ3n) is 3.72. The van der Waals surface area contributed by atoms with Crippen LogP contribution in [-0.4, -0.2) is 22.2 Å². The number of carbonyl (C=O) groups is 2. The van der Waals surface area contributed by atoms with Gasteiger partial charge in [-0.1, -0.05) is 23.8 Å². The Hall–Kier alpha value is -2.56. The Kier molecular flexibility index (Phi) is 9.07. The number of hydrogen-bond acceptors (Lipinski definition) is 3. The number of carboxylic acids is 2. The highest BCUT2D eigenvalue weighted by Crippen LogP contribution is 2.14. The zero-order chi connectivity index (χ0) is 18.7. The molecule has 0 aliphatic rings. The highest BCUT2D eigenvalue weighted by Gasteiger charge is 2.09. The molecule has 136 valence electrons. The van der Waals surface area contributed by atoms with E-state index in [2.05, 4.69) is 0 Å². The average molecular weight is 346 g/mol. The summed E-state index contributed by atoms with van der Waals surface area (Å²) < 4.78 is 4.98. The van der Waals surface area contributed by atoms with Crippen LogP contribution >= 0.6 is 0 Å². The maximum atomic E-state index is 11.3. The van der Waals surface area contributed by atoms with E-state index in [1.165, 1.54) is 0 Å². The third kappa shape index (κ3) is 8.74. The summed E-state index contributed by atoms with van der Waals surface area (Å²) in [6, 6.07) is 1.85. The van der Waals surface area contributed by atoms with Gasteiger partial charge in [-0.2, -0.15) is 0 Å². The Morgan fingerprint density at radius 3 is 2.00 bits per heavy atom. The molecule has 25 heavy (non-hydrogen) atoms. The molecule has 0 radical (unpaired) electrons. The smallest absolute Gasteiger partial charge is 0.331 e. The van der Waals surface area contributed by atoms with E-state index in [0.29, 0.717) is 49.7 Å². The molecule has 1 aromatic heterocycles. The van der Waals surface area contributed by atoms with Gasteiger partial charge in [0.05, 0.1) is 12.5 Å². The highest BCUT2D eigenvalue weighted by atomic mass is 16.4. The van der Waals surface area contributed by atoms with Crippen LogP contribution in [0.3, 0.4) is 0 Å². The minimum Gasteiger partial charge on any atom is -0.478 e. The minimum atomic E-state index is -0.956. The van der Waals surface area contributed by atoms with E-state index in [4.69, 9.17) is 4.42 Å². The van der Waals surface area contributed by atoms with E-state index in [1.54, 1.807) is 24.7 Å². The van der Waals surface area contributed by atoms with Crippen LogP contribution in [0.25, 0.3) is 0 Å². The molecule has 0 amide bonds. The molecule has 0 fully saturated rings. The Morgan fingerprint density at radius 1 is 0.960 bits per heavy atom. The maximum absolute atomic E-state index is 11.3. The van der Waals surface area contributed by atoms with Crippen LogP contribution in [0.1, 0.15) is 51.5 Å². The van der Waals surface area contributed by atoms with Gasteiger partial charge in [-0.3, -0.25) is 0 Å². The monoisotopic (exact) mass is 346 g/mol. The summed E-state index contributed by atoms with van der Waals surface area (Å²) in [4.78, 5) is 22.6. The lowest BCUT2D eigenvalue weighted by Gasteiger charge is -2.03. The molecule has 1 heterocycles. The molecular weight excluding hydrogens is 320 g/mol. The summed E-state index contributed by atoms with van der Waals surface area (Å²) in [6.07, 6.45) is 11.7. The maximum Gasteiger partial charge on any atom is 0.331 e. The lowest BCUT2D eigenvalue weighted by Crippen LogP contribution is -2.03. The Bertz CT molecular complexity index is 644. The van der Waals surface area contributed by atoms with Crippen molar-refractivity contribution in [1.29, 1.82) is 0 Å². The van der Waals surface area contributed by atoms with Crippen LogP contribution in [0.2, 0.25) is 0 Å². The van der Waals surface area contributed by atoms with Crippen molar-refractivity contribution in [3.05, 3.63) is 59.1 Å². The molecule has 0 bridgehead atoms. The van der Waals surface area contributed by atoms with Crippen LogP contribution in [0.15, 0.2) is 58.0 Å². The third-order valence-corrected chi connectivity index (χ3v) is 3.72. The normalized spacial score (nSPS) is 12.1. The van der Waals surface area contributed by atoms with Crippen LogP contribution in [0, 0.1) is 0 Å². The fourth-order valence-electron chi connectivity index (χ4n) is 2.36. The summed E-state index contributed by atoms with van der Waals surface area (Å²) in [7, 11) is 0. The molecule has 2 N–H and O–H groups in total. The number of aryl methyl sites for hydroxylation is 1. The van der Waals surface area contributed by atoms with Gasteiger partial charge in [-0.15, -0.1) is 0 Å². The molecule has 5 nitrogen and oxygen atoms in total. The molecule has 0 spiro atoms. The van der Waals surface area contributed by atoms with Crippen molar-refractivity contribution in [3.8, 4) is 0 Å². The molecule has 0 atom stereocenters. The largest absolute Gasteiger partial charge is 0.478 e. The van der Waals surface area contributed by atoms with Gasteiger partial charge in [0.2, 0.25) is 0 Å². The van der Waals surface area contributed by atoms with Crippen molar-refractivity contribution in [1.82, 2.24) is 0 Å². The van der Waals surface area contributed by atoms with Gasteiger partial charge in [0.1, 0.15) is 0 Å². The van der Waals surface area contributed by atoms with E-state index in [0.717, 1.165) is 11.1 Å². The van der Waals surface area contributed by atoms with Gasteiger partial charge in [0, 0.05) is 11.1 Å². The summed E-state index contributed by atoms with van der Waals surface area (Å²) in [5.74, 6) is -1.90. The van der Waals surface area contributed by atoms with Crippen molar-refractivity contribution >= 4 is 11.9 Å². The molecule has 0 aromatic carbocycles. The molecule has 0 unspecified atom stereocenters. The van der Waals surface area contributed by atoms with Gasteiger partial charge in [-0.05, 0) is 64.0 Å².